The van der Waals surface area contributed by atoms with Crippen LogP contribution >= 0.6 is 11.6 Å². The number of fused-ring (bicyclic) bond motifs is 2. The minimum absolute atomic E-state index is 0.0273. The van der Waals surface area contributed by atoms with Crippen molar-refractivity contribution in [2.75, 3.05) is 63.7 Å². The molecule has 3 N–H and O–H groups in total. The van der Waals surface area contributed by atoms with Crippen molar-refractivity contribution < 1.29 is 28.6 Å². The van der Waals surface area contributed by atoms with E-state index in [0.29, 0.717) is 47.1 Å². The van der Waals surface area contributed by atoms with Crippen LogP contribution in [-0.2, 0) is 14.3 Å². The summed E-state index contributed by atoms with van der Waals surface area (Å²) in [5.74, 6) is 0.154. The molecule has 0 spiro atoms. The summed E-state index contributed by atoms with van der Waals surface area (Å²) in [6.45, 7) is 5.24. The van der Waals surface area contributed by atoms with Gasteiger partial charge in [-0.2, -0.15) is 0 Å². The van der Waals surface area contributed by atoms with Gasteiger partial charge in [-0.1, -0.05) is 23.7 Å². The summed E-state index contributed by atoms with van der Waals surface area (Å²) in [6, 6.07) is 11.2. The molecule has 2 aromatic carbocycles. The maximum atomic E-state index is 13.5. The first kappa shape index (κ1) is 30.1. The lowest BCUT2D eigenvalue weighted by molar-refractivity contribution is -0.134. The second-order valence-electron chi connectivity index (χ2n) is 10.8. The Kier molecular flexibility index (Phi) is 10.2. The van der Waals surface area contributed by atoms with E-state index in [9.17, 15) is 14.4 Å². The number of anilines is 2. The molecule has 226 valence electrons. The number of carbonyl (C=O) groups is 3. The van der Waals surface area contributed by atoms with Crippen LogP contribution in [0.25, 0.3) is 0 Å². The van der Waals surface area contributed by atoms with E-state index < -0.39 is 6.03 Å². The summed E-state index contributed by atoms with van der Waals surface area (Å²) in [5.41, 5.74) is 1.27. The van der Waals surface area contributed by atoms with Crippen LogP contribution in [0.5, 0.6) is 5.75 Å². The Morgan fingerprint density at radius 3 is 2.69 bits per heavy atom. The first-order valence-electron chi connectivity index (χ1n) is 14.5. The third-order valence-electron chi connectivity index (χ3n) is 7.88. The zero-order chi connectivity index (χ0) is 29.5. The van der Waals surface area contributed by atoms with Crippen LogP contribution in [0.3, 0.4) is 0 Å². The largest absolute Gasteiger partial charge is 0.490 e. The molecule has 2 fully saturated rings. The Labute approximate surface area is 250 Å². The number of morpholine rings is 1. The summed E-state index contributed by atoms with van der Waals surface area (Å²) >= 11 is 6.13. The molecule has 11 nitrogen and oxygen atoms in total. The quantitative estimate of drug-likeness (QED) is 0.397. The Bertz CT molecular complexity index is 1270. The SMILES string of the molecule is CN1C(=O)c2cc(NC(=O)Nc3ccccc3Cl)ccc2OC[C@@H]2O[C@H](CC(=O)NCCCN3CCOCC3)CC[C@H]21. The van der Waals surface area contributed by atoms with Gasteiger partial charge in [-0.3, -0.25) is 14.5 Å². The van der Waals surface area contributed by atoms with Gasteiger partial charge in [0.05, 0.1) is 48.1 Å². The number of amides is 4. The molecule has 0 aliphatic carbocycles. The number of nitrogens with zero attached hydrogens (tertiary/aromatic N) is 2. The molecule has 42 heavy (non-hydrogen) atoms. The van der Waals surface area contributed by atoms with Crippen molar-refractivity contribution in [1.82, 2.24) is 15.1 Å². The number of para-hydroxylation sites is 1. The van der Waals surface area contributed by atoms with Crippen LogP contribution in [0.15, 0.2) is 42.5 Å². The lowest BCUT2D eigenvalue weighted by Crippen LogP contribution is -2.54. The van der Waals surface area contributed by atoms with Crippen molar-refractivity contribution in [2.45, 2.75) is 43.9 Å². The van der Waals surface area contributed by atoms with E-state index in [1.54, 1.807) is 54.4 Å². The van der Waals surface area contributed by atoms with Crippen molar-refractivity contribution in [3.05, 3.63) is 53.1 Å². The monoisotopic (exact) mass is 599 g/mol. The second-order valence-corrected chi connectivity index (χ2v) is 11.2. The van der Waals surface area contributed by atoms with E-state index in [1.807, 2.05) is 0 Å². The van der Waals surface area contributed by atoms with Crippen molar-refractivity contribution in [3.8, 4) is 5.75 Å². The van der Waals surface area contributed by atoms with Gasteiger partial charge in [0.2, 0.25) is 5.91 Å². The highest BCUT2D eigenvalue weighted by atomic mass is 35.5. The minimum Gasteiger partial charge on any atom is -0.490 e. The lowest BCUT2D eigenvalue weighted by atomic mass is 9.94. The van der Waals surface area contributed by atoms with Crippen LogP contribution in [-0.4, -0.2) is 98.9 Å². The molecule has 0 aromatic heterocycles. The molecule has 0 unspecified atom stereocenters. The van der Waals surface area contributed by atoms with E-state index in [1.165, 1.54) is 0 Å². The molecule has 5 rings (SSSR count). The molecular weight excluding hydrogens is 562 g/mol. The predicted molar refractivity (Wildman–Crippen MR) is 159 cm³/mol. The smallest absolute Gasteiger partial charge is 0.323 e. The molecule has 3 atom stereocenters. The molecule has 3 aliphatic rings. The highest BCUT2D eigenvalue weighted by Crippen LogP contribution is 2.32. The molecule has 12 heteroatoms. The number of urea groups is 1. The third-order valence-corrected chi connectivity index (χ3v) is 8.21. The molecule has 2 aromatic rings. The zero-order valence-corrected chi connectivity index (χ0v) is 24.5. The van der Waals surface area contributed by atoms with Crippen LogP contribution in [0, 0.1) is 0 Å². The fourth-order valence-electron chi connectivity index (χ4n) is 5.59. The summed E-state index contributed by atoms with van der Waals surface area (Å²) in [6.07, 6.45) is 1.93. The Balaban J connectivity index is 1.13. The standard InChI is InChI=1S/C30H38ClN5O6/c1-35-25-9-8-21(18-28(37)32-11-4-12-36-13-15-40-16-14-36)42-27(25)19-41-26-10-7-20(17-22(26)29(35)38)33-30(39)34-24-6-3-2-5-23(24)31/h2-3,5-7,10,17,21,25,27H,4,8-9,11-16,18-19H2,1H3,(H,32,37)(H2,33,34,39)/t21-,25+,27-/m0/s1. The normalized spacial score (nSPS) is 22.6. The maximum Gasteiger partial charge on any atom is 0.323 e. The first-order chi connectivity index (χ1) is 20.4. The van der Waals surface area contributed by atoms with E-state index in [4.69, 9.17) is 25.8 Å². The van der Waals surface area contributed by atoms with Gasteiger partial charge < -0.3 is 35.1 Å². The van der Waals surface area contributed by atoms with Crippen LogP contribution in [0.4, 0.5) is 16.2 Å². The molecule has 0 bridgehead atoms. The highest BCUT2D eigenvalue weighted by molar-refractivity contribution is 6.33. The van der Waals surface area contributed by atoms with Crippen molar-refractivity contribution in [1.29, 1.82) is 0 Å². The van der Waals surface area contributed by atoms with Gasteiger partial charge in [-0.15, -0.1) is 0 Å². The average Bonchev–Trinajstić information content (AvgIpc) is 2.99. The summed E-state index contributed by atoms with van der Waals surface area (Å²) in [4.78, 5) is 42.7. The van der Waals surface area contributed by atoms with E-state index >= 15 is 0 Å². The van der Waals surface area contributed by atoms with Gasteiger partial charge in [0.25, 0.3) is 5.91 Å². The number of carbonyl (C=O) groups excluding carboxylic acids is 3. The number of benzene rings is 2. The molecular formula is C30H38ClN5O6. The van der Waals surface area contributed by atoms with Gasteiger partial charge in [0.15, 0.2) is 0 Å². The predicted octanol–water partition coefficient (Wildman–Crippen LogP) is 3.59. The Morgan fingerprint density at radius 1 is 1.07 bits per heavy atom. The number of hydrogen-bond donors (Lipinski definition) is 3. The van der Waals surface area contributed by atoms with Gasteiger partial charge in [-0.05, 0) is 56.1 Å². The summed E-state index contributed by atoms with van der Waals surface area (Å²) in [5, 5.41) is 8.89. The summed E-state index contributed by atoms with van der Waals surface area (Å²) < 4.78 is 17.7. The molecule has 2 saturated heterocycles. The van der Waals surface area contributed by atoms with Crippen molar-refractivity contribution >= 4 is 40.8 Å². The van der Waals surface area contributed by atoms with Gasteiger partial charge >= 0.3 is 6.03 Å². The number of nitrogens with one attached hydrogen (secondary N) is 3. The first-order valence-corrected chi connectivity index (χ1v) is 14.8. The fraction of sp³-hybridized carbons (Fsp3) is 0.500. The van der Waals surface area contributed by atoms with Crippen LogP contribution in [0.1, 0.15) is 36.0 Å². The van der Waals surface area contributed by atoms with Crippen LogP contribution in [0.2, 0.25) is 5.02 Å². The Morgan fingerprint density at radius 2 is 1.88 bits per heavy atom. The highest BCUT2D eigenvalue weighted by Gasteiger charge is 2.39. The molecule has 0 radical (unpaired) electrons. The van der Waals surface area contributed by atoms with Crippen molar-refractivity contribution in [3.63, 3.8) is 0 Å². The zero-order valence-electron chi connectivity index (χ0n) is 23.8. The molecule has 3 heterocycles. The van der Waals surface area contributed by atoms with E-state index in [0.717, 1.165) is 39.3 Å². The third kappa shape index (κ3) is 7.71. The number of halogens is 1. The van der Waals surface area contributed by atoms with E-state index in [2.05, 4.69) is 20.9 Å². The molecule has 4 amide bonds. The lowest BCUT2D eigenvalue weighted by Gasteiger charge is -2.42. The minimum atomic E-state index is -0.483. The van der Waals surface area contributed by atoms with Crippen LogP contribution < -0.4 is 20.7 Å². The second kappa shape index (κ2) is 14.2. The summed E-state index contributed by atoms with van der Waals surface area (Å²) in [7, 11) is 1.75. The van der Waals surface area contributed by atoms with E-state index in [-0.39, 0.29) is 43.1 Å². The van der Waals surface area contributed by atoms with Crippen molar-refractivity contribution in [2.24, 2.45) is 0 Å². The number of ether oxygens (including phenoxy) is 3. The molecule has 0 saturated carbocycles. The maximum absolute atomic E-state index is 13.5. The van der Waals surface area contributed by atoms with Gasteiger partial charge in [0.1, 0.15) is 18.5 Å². The average molecular weight is 600 g/mol. The van der Waals surface area contributed by atoms with Gasteiger partial charge in [0, 0.05) is 32.4 Å². The number of hydrogen-bond acceptors (Lipinski definition) is 7. The fourth-order valence-corrected chi connectivity index (χ4v) is 5.77. The number of likely N-dealkylation sites (N-methyl/N-ethyl adjacent to an activating group) is 1. The molecule has 3 aliphatic heterocycles. The Hall–Kier alpha value is -3.38. The topological polar surface area (TPSA) is 121 Å². The van der Waals surface area contributed by atoms with Gasteiger partial charge in [-0.25, -0.2) is 4.79 Å². The number of rotatable bonds is 8.